The maximum atomic E-state index is 13.2. The summed E-state index contributed by atoms with van der Waals surface area (Å²) in [6, 6.07) is 6.45. The quantitative estimate of drug-likeness (QED) is 0.809. The summed E-state index contributed by atoms with van der Waals surface area (Å²) in [7, 11) is 0. The van der Waals surface area contributed by atoms with Gasteiger partial charge in [-0.25, -0.2) is 4.39 Å². The van der Waals surface area contributed by atoms with Gasteiger partial charge in [-0.1, -0.05) is 12.1 Å². The third kappa shape index (κ3) is 2.47. The second-order valence-electron chi connectivity index (χ2n) is 4.38. The van der Waals surface area contributed by atoms with Crippen LogP contribution in [0.3, 0.4) is 0 Å². The molecule has 1 heterocycles. The first-order valence-electron chi connectivity index (χ1n) is 5.79. The van der Waals surface area contributed by atoms with Gasteiger partial charge in [-0.05, 0) is 24.6 Å². The number of esters is 1. The van der Waals surface area contributed by atoms with Crippen molar-refractivity contribution in [3.05, 3.63) is 35.6 Å². The van der Waals surface area contributed by atoms with Gasteiger partial charge in [0.15, 0.2) is 0 Å². The normalized spacial score (nSPS) is 17.3. The van der Waals surface area contributed by atoms with Gasteiger partial charge >= 0.3 is 5.97 Å². The highest BCUT2D eigenvalue weighted by molar-refractivity contribution is 5.72. The first kappa shape index (κ1) is 12.0. The number of halogens is 1. The van der Waals surface area contributed by atoms with Gasteiger partial charge < -0.3 is 10.1 Å². The molecule has 1 aromatic carbocycles. The highest BCUT2D eigenvalue weighted by Gasteiger charge is 2.41. The Kier molecular flexibility index (Phi) is 3.43. The van der Waals surface area contributed by atoms with E-state index in [-0.39, 0.29) is 17.2 Å². The molecular weight excluding hydrogens is 221 g/mol. The van der Waals surface area contributed by atoms with Gasteiger partial charge in [0, 0.05) is 18.5 Å². The third-order valence-corrected chi connectivity index (χ3v) is 3.15. The van der Waals surface area contributed by atoms with Crippen molar-refractivity contribution < 1.29 is 13.9 Å². The Morgan fingerprint density at radius 2 is 2.29 bits per heavy atom. The summed E-state index contributed by atoms with van der Waals surface area (Å²) < 4.78 is 18.2. The number of hydrogen-bond donors (Lipinski definition) is 1. The van der Waals surface area contributed by atoms with Crippen molar-refractivity contribution >= 4 is 5.97 Å². The maximum absolute atomic E-state index is 13.2. The molecule has 1 saturated heterocycles. The molecule has 0 saturated carbocycles. The Morgan fingerprint density at radius 3 is 2.82 bits per heavy atom. The minimum absolute atomic E-state index is 0.224. The molecule has 1 aromatic rings. The summed E-state index contributed by atoms with van der Waals surface area (Å²) in [6.07, 6.45) is 0.303. The number of carbonyl (C=O) groups is 1. The van der Waals surface area contributed by atoms with E-state index in [0.29, 0.717) is 26.1 Å². The summed E-state index contributed by atoms with van der Waals surface area (Å²) in [5.41, 5.74) is 0.568. The zero-order valence-corrected chi connectivity index (χ0v) is 9.83. The van der Waals surface area contributed by atoms with Gasteiger partial charge in [0.25, 0.3) is 0 Å². The molecule has 1 N–H and O–H groups in total. The van der Waals surface area contributed by atoms with Crippen molar-refractivity contribution in [1.29, 1.82) is 0 Å². The molecule has 0 bridgehead atoms. The summed E-state index contributed by atoms with van der Waals surface area (Å²) in [4.78, 5) is 11.6. The van der Waals surface area contributed by atoms with Crippen LogP contribution in [0.2, 0.25) is 0 Å². The topological polar surface area (TPSA) is 38.3 Å². The molecule has 1 aliphatic heterocycles. The molecule has 2 rings (SSSR count). The maximum Gasteiger partial charge on any atom is 0.306 e. The van der Waals surface area contributed by atoms with Crippen LogP contribution in [0, 0.1) is 5.82 Å². The van der Waals surface area contributed by atoms with Crippen molar-refractivity contribution in [2.75, 3.05) is 19.7 Å². The highest BCUT2D eigenvalue weighted by atomic mass is 19.1. The number of hydrogen-bond acceptors (Lipinski definition) is 3. The summed E-state index contributed by atoms with van der Waals surface area (Å²) in [5, 5.41) is 3.14. The first-order valence-corrected chi connectivity index (χ1v) is 5.79. The van der Waals surface area contributed by atoms with Crippen LogP contribution in [0.1, 0.15) is 18.9 Å². The van der Waals surface area contributed by atoms with E-state index < -0.39 is 0 Å². The average Bonchev–Trinajstić information content (AvgIpc) is 2.24. The van der Waals surface area contributed by atoms with Gasteiger partial charge in [-0.2, -0.15) is 0 Å². The van der Waals surface area contributed by atoms with E-state index in [0.717, 1.165) is 5.56 Å². The Bertz CT molecular complexity index is 416. The van der Waals surface area contributed by atoms with Crippen molar-refractivity contribution in [3.8, 4) is 0 Å². The molecule has 1 aliphatic rings. The van der Waals surface area contributed by atoms with Crippen LogP contribution >= 0.6 is 0 Å². The molecule has 0 unspecified atom stereocenters. The van der Waals surface area contributed by atoms with Crippen LogP contribution in [0.4, 0.5) is 4.39 Å². The largest absolute Gasteiger partial charge is 0.466 e. The van der Waals surface area contributed by atoms with Crippen LogP contribution in [0.5, 0.6) is 0 Å². The molecule has 0 atom stereocenters. The van der Waals surface area contributed by atoms with Crippen molar-refractivity contribution in [3.63, 3.8) is 0 Å². The molecular formula is C13H16FNO2. The number of ether oxygens (including phenoxy) is 1. The Morgan fingerprint density at radius 1 is 1.53 bits per heavy atom. The van der Waals surface area contributed by atoms with E-state index in [1.807, 2.05) is 6.07 Å². The first-order chi connectivity index (χ1) is 8.16. The van der Waals surface area contributed by atoms with Crippen molar-refractivity contribution in [2.24, 2.45) is 0 Å². The predicted octanol–water partition coefficient (Wildman–Crippen LogP) is 1.62. The Labute approximate surface area is 100.0 Å². The summed E-state index contributed by atoms with van der Waals surface area (Å²) in [6.45, 7) is 3.54. The Hall–Kier alpha value is -1.42. The van der Waals surface area contributed by atoms with Crippen molar-refractivity contribution in [2.45, 2.75) is 18.8 Å². The highest BCUT2D eigenvalue weighted by Crippen LogP contribution is 2.32. The third-order valence-electron chi connectivity index (χ3n) is 3.15. The molecule has 0 radical (unpaired) electrons. The number of benzene rings is 1. The zero-order chi connectivity index (χ0) is 12.3. The van der Waals surface area contributed by atoms with Gasteiger partial charge in [0.05, 0.1) is 13.0 Å². The van der Waals surface area contributed by atoms with E-state index in [9.17, 15) is 9.18 Å². The fourth-order valence-corrected chi connectivity index (χ4v) is 2.16. The van der Waals surface area contributed by atoms with Gasteiger partial charge in [0.1, 0.15) is 5.82 Å². The zero-order valence-electron chi connectivity index (χ0n) is 9.83. The number of rotatable bonds is 4. The van der Waals surface area contributed by atoms with E-state index in [1.54, 1.807) is 13.0 Å². The lowest BCUT2D eigenvalue weighted by molar-refractivity contribution is -0.145. The van der Waals surface area contributed by atoms with Crippen LogP contribution in [0.15, 0.2) is 24.3 Å². The van der Waals surface area contributed by atoms with Crippen LogP contribution in [0.25, 0.3) is 0 Å². The monoisotopic (exact) mass is 237 g/mol. The molecule has 1 fully saturated rings. The van der Waals surface area contributed by atoms with E-state index in [4.69, 9.17) is 4.74 Å². The van der Waals surface area contributed by atoms with E-state index in [2.05, 4.69) is 5.32 Å². The van der Waals surface area contributed by atoms with Crippen molar-refractivity contribution in [1.82, 2.24) is 5.32 Å². The second kappa shape index (κ2) is 4.84. The summed E-state index contributed by atoms with van der Waals surface area (Å²) >= 11 is 0. The average molecular weight is 237 g/mol. The van der Waals surface area contributed by atoms with Crippen LogP contribution in [-0.2, 0) is 14.9 Å². The number of nitrogens with one attached hydrogen (secondary N) is 1. The minimum atomic E-state index is -0.297. The lowest BCUT2D eigenvalue weighted by atomic mass is 9.72. The van der Waals surface area contributed by atoms with Gasteiger partial charge in [0.2, 0.25) is 0 Å². The number of carbonyl (C=O) groups excluding carboxylic acids is 1. The Balaban J connectivity index is 2.17. The fraction of sp³-hybridized carbons (Fsp3) is 0.462. The molecule has 0 spiro atoms. The fourth-order valence-electron chi connectivity index (χ4n) is 2.16. The SMILES string of the molecule is CCOC(=O)CC1(c2cccc(F)c2)CNC1. The van der Waals surface area contributed by atoms with Gasteiger partial charge in [-0.3, -0.25) is 4.79 Å². The van der Waals surface area contributed by atoms with E-state index >= 15 is 0 Å². The molecule has 3 nitrogen and oxygen atoms in total. The van der Waals surface area contributed by atoms with Gasteiger partial charge in [-0.15, -0.1) is 0 Å². The molecule has 0 aliphatic carbocycles. The second-order valence-corrected chi connectivity index (χ2v) is 4.38. The minimum Gasteiger partial charge on any atom is -0.466 e. The lowest BCUT2D eigenvalue weighted by Crippen LogP contribution is -2.57. The smallest absolute Gasteiger partial charge is 0.306 e. The standard InChI is InChI=1S/C13H16FNO2/c1-2-17-12(16)7-13(8-15-9-13)10-4-3-5-11(14)6-10/h3-6,15H,2,7-9H2,1H3. The molecule has 0 amide bonds. The molecule has 17 heavy (non-hydrogen) atoms. The van der Waals surface area contributed by atoms with E-state index in [1.165, 1.54) is 12.1 Å². The lowest BCUT2D eigenvalue weighted by Gasteiger charge is -2.42. The molecule has 4 heteroatoms. The van der Waals surface area contributed by atoms with Crippen LogP contribution in [-0.4, -0.2) is 25.7 Å². The predicted molar refractivity (Wildman–Crippen MR) is 62.2 cm³/mol. The van der Waals surface area contributed by atoms with Crippen LogP contribution < -0.4 is 5.32 Å². The summed E-state index contributed by atoms with van der Waals surface area (Å²) in [5.74, 6) is -0.490. The molecule has 0 aromatic heterocycles. The molecule has 92 valence electrons.